The van der Waals surface area contributed by atoms with Crippen LogP contribution in [0.5, 0.6) is 5.75 Å². The van der Waals surface area contributed by atoms with Crippen molar-refractivity contribution >= 4 is 22.6 Å². The normalized spacial score (nSPS) is 17.5. The van der Waals surface area contributed by atoms with E-state index >= 15 is 0 Å². The Morgan fingerprint density at radius 1 is 1.15 bits per heavy atom. The van der Waals surface area contributed by atoms with Gasteiger partial charge >= 0.3 is 0 Å². The highest BCUT2D eigenvalue weighted by Gasteiger charge is 2.29. The van der Waals surface area contributed by atoms with E-state index in [2.05, 4.69) is 28.2 Å². The van der Waals surface area contributed by atoms with Gasteiger partial charge in [0, 0.05) is 31.2 Å². The van der Waals surface area contributed by atoms with Crippen molar-refractivity contribution < 1.29 is 14.2 Å². The van der Waals surface area contributed by atoms with Crippen molar-refractivity contribution in [2.75, 3.05) is 31.6 Å². The summed E-state index contributed by atoms with van der Waals surface area (Å²) in [6.07, 6.45) is 0. The Labute approximate surface area is 151 Å². The molecule has 0 aliphatic carbocycles. The first-order valence-electron chi connectivity index (χ1n) is 8.58. The number of piperazine rings is 1. The van der Waals surface area contributed by atoms with Gasteiger partial charge < -0.3 is 14.5 Å². The number of nitrogens with zero attached hydrogens (tertiary/aromatic N) is 4. The predicted octanol–water partition coefficient (Wildman–Crippen LogP) is 2.58. The summed E-state index contributed by atoms with van der Waals surface area (Å²) in [5, 5.41) is 7.59. The van der Waals surface area contributed by atoms with Gasteiger partial charge in [-0.1, -0.05) is 12.1 Å². The van der Waals surface area contributed by atoms with Crippen molar-refractivity contribution in [3.8, 4) is 5.75 Å². The zero-order chi connectivity index (χ0) is 18.1. The van der Waals surface area contributed by atoms with Gasteiger partial charge in [0.1, 0.15) is 16.8 Å². The summed E-state index contributed by atoms with van der Waals surface area (Å²) in [7, 11) is 1.68. The number of benzene rings is 2. The molecule has 1 fully saturated rings. The number of hydrogen-bond acceptors (Lipinski definition) is 6. The van der Waals surface area contributed by atoms with Crippen molar-refractivity contribution in [2.45, 2.75) is 13.0 Å². The molecule has 1 saturated heterocycles. The zero-order valence-electron chi connectivity index (χ0n) is 14.8. The molecule has 7 heteroatoms. The van der Waals surface area contributed by atoms with Gasteiger partial charge in [-0.25, -0.2) is 4.63 Å². The minimum atomic E-state index is 0.00192. The number of carbonyl (C=O) groups is 1. The van der Waals surface area contributed by atoms with Crippen LogP contribution in [0.15, 0.2) is 47.1 Å². The predicted molar refractivity (Wildman–Crippen MR) is 97.5 cm³/mol. The molecule has 2 aromatic carbocycles. The molecule has 0 radical (unpaired) electrons. The topological polar surface area (TPSA) is 71.7 Å². The molecule has 0 bridgehead atoms. The second-order valence-corrected chi connectivity index (χ2v) is 6.43. The van der Waals surface area contributed by atoms with Gasteiger partial charge in [0.25, 0.3) is 5.91 Å². The number of aromatic nitrogens is 2. The molecule has 1 aliphatic heterocycles. The van der Waals surface area contributed by atoms with Gasteiger partial charge in [0.15, 0.2) is 0 Å². The molecular weight excluding hydrogens is 332 g/mol. The zero-order valence-corrected chi connectivity index (χ0v) is 14.8. The van der Waals surface area contributed by atoms with Crippen molar-refractivity contribution in [1.82, 2.24) is 15.2 Å². The van der Waals surface area contributed by atoms with Crippen LogP contribution in [0.1, 0.15) is 17.3 Å². The molecule has 0 unspecified atom stereocenters. The maximum atomic E-state index is 12.9. The minimum absolute atomic E-state index is 0.00192. The van der Waals surface area contributed by atoms with E-state index in [0.717, 1.165) is 24.5 Å². The average molecular weight is 352 g/mol. The fourth-order valence-corrected chi connectivity index (χ4v) is 3.45. The summed E-state index contributed by atoms with van der Waals surface area (Å²) in [5.74, 6) is 0.852. The van der Waals surface area contributed by atoms with Crippen molar-refractivity contribution in [1.29, 1.82) is 0 Å². The van der Waals surface area contributed by atoms with Gasteiger partial charge in [0.05, 0.1) is 12.8 Å². The highest BCUT2D eigenvalue weighted by Crippen LogP contribution is 2.29. The lowest BCUT2D eigenvalue weighted by atomic mass is 10.1. The molecule has 1 aliphatic rings. The largest absolute Gasteiger partial charge is 0.495 e. The third kappa shape index (κ3) is 2.85. The molecule has 3 aromatic rings. The Kier molecular flexibility index (Phi) is 4.20. The molecular formula is C19H20N4O3. The van der Waals surface area contributed by atoms with E-state index in [1.807, 2.05) is 23.1 Å². The van der Waals surface area contributed by atoms with Crippen LogP contribution in [-0.2, 0) is 0 Å². The van der Waals surface area contributed by atoms with E-state index < -0.39 is 0 Å². The van der Waals surface area contributed by atoms with Gasteiger partial charge in [-0.2, -0.15) is 0 Å². The lowest BCUT2D eigenvalue weighted by Crippen LogP contribution is -2.54. The maximum Gasteiger partial charge on any atom is 0.254 e. The number of fused-ring (bicyclic) bond motifs is 1. The molecule has 1 amide bonds. The highest BCUT2D eigenvalue weighted by atomic mass is 16.6. The fourth-order valence-electron chi connectivity index (χ4n) is 3.45. The minimum Gasteiger partial charge on any atom is -0.495 e. The molecule has 0 N–H and O–H groups in total. The molecule has 2 heterocycles. The molecule has 0 spiro atoms. The van der Waals surface area contributed by atoms with Gasteiger partial charge in [-0.15, -0.1) is 0 Å². The van der Waals surface area contributed by atoms with E-state index in [4.69, 9.17) is 9.37 Å². The van der Waals surface area contributed by atoms with Gasteiger partial charge in [-0.3, -0.25) is 4.79 Å². The summed E-state index contributed by atoms with van der Waals surface area (Å²) in [6, 6.07) is 13.3. The van der Waals surface area contributed by atoms with Crippen LogP contribution in [-0.4, -0.2) is 53.9 Å². The van der Waals surface area contributed by atoms with Gasteiger partial charge in [0.2, 0.25) is 0 Å². The SMILES string of the molecule is COc1ccccc1N1CCN(C(=O)c2ccc3nonc3c2)[C@H](C)C1. The second kappa shape index (κ2) is 6.67. The second-order valence-electron chi connectivity index (χ2n) is 6.43. The third-order valence-electron chi connectivity index (χ3n) is 4.81. The summed E-state index contributed by atoms with van der Waals surface area (Å²) in [6.45, 7) is 4.22. The Hall–Kier alpha value is -3.09. The quantitative estimate of drug-likeness (QED) is 0.721. The number of rotatable bonds is 3. The molecule has 26 heavy (non-hydrogen) atoms. The smallest absolute Gasteiger partial charge is 0.254 e. The lowest BCUT2D eigenvalue weighted by Gasteiger charge is -2.41. The Morgan fingerprint density at radius 3 is 2.77 bits per heavy atom. The highest BCUT2D eigenvalue weighted by molar-refractivity contribution is 5.97. The van der Waals surface area contributed by atoms with E-state index in [9.17, 15) is 4.79 Å². The van der Waals surface area contributed by atoms with Crippen LogP contribution in [0.3, 0.4) is 0 Å². The van der Waals surface area contributed by atoms with Crippen LogP contribution < -0.4 is 9.64 Å². The van der Waals surface area contributed by atoms with Gasteiger partial charge in [-0.05, 0) is 47.6 Å². The van der Waals surface area contributed by atoms with Crippen molar-refractivity contribution in [2.24, 2.45) is 0 Å². The number of hydrogen-bond donors (Lipinski definition) is 0. The summed E-state index contributed by atoms with van der Waals surface area (Å²) in [4.78, 5) is 17.1. The number of ether oxygens (including phenoxy) is 1. The molecule has 1 atom stereocenters. The first-order chi connectivity index (χ1) is 12.7. The third-order valence-corrected chi connectivity index (χ3v) is 4.81. The number of anilines is 1. The summed E-state index contributed by atoms with van der Waals surface area (Å²) < 4.78 is 10.2. The van der Waals surface area contributed by atoms with Crippen LogP contribution in [0.4, 0.5) is 5.69 Å². The average Bonchev–Trinajstić information content (AvgIpc) is 3.15. The van der Waals surface area contributed by atoms with Crippen molar-refractivity contribution in [3.05, 3.63) is 48.0 Å². The van der Waals surface area contributed by atoms with Crippen molar-refractivity contribution in [3.63, 3.8) is 0 Å². The number of methoxy groups -OCH3 is 1. The Morgan fingerprint density at radius 2 is 1.96 bits per heavy atom. The number of carbonyl (C=O) groups excluding carboxylic acids is 1. The van der Waals surface area contributed by atoms with E-state index in [1.165, 1.54) is 0 Å². The van der Waals surface area contributed by atoms with Crippen LogP contribution in [0.25, 0.3) is 11.0 Å². The molecule has 0 saturated carbocycles. The first-order valence-corrected chi connectivity index (χ1v) is 8.58. The maximum absolute atomic E-state index is 12.9. The van der Waals surface area contributed by atoms with E-state index in [-0.39, 0.29) is 11.9 Å². The molecule has 4 rings (SSSR count). The number of para-hydroxylation sites is 2. The Balaban J connectivity index is 1.52. The molecule has 1 aromatic heterocycles. The number of amides is 1. The summed E-state index contributed by atoms with van der Waals surface area (Å²) in [5.41, 5.74) is 2.90. The molecule has 134 valence electrons. The first kappa shape index (κ1) is 16.4. The lowest BCUT2D eigenvalue weighted by molar-refractivity contribution is 0.0674. The summed E-state index contributed by atoms with van der Waals surface area (Å²) >= 11 is 0. The Bertz CT molecular complexity index is 939. The van der Waals surface area contributed by atoms with Crippen LogP contribution >= 0.6 is 0 Å². The monoisotopic (exact) mass is 352 g/mol. The standard InChI is InChI=1S/C19H20N4O3/c1-13-12-22(17-5-3-4-6-18(17)25-2)9-10-23(13)19(24)14-7-8-15-16(11-14)21-26-20-15/h3-8,11,13H,9-10,12H2,1-2H3/t13-/m1/s1. The molecule has 7 nitrogen and oxygen atoms in total. The fraction of sp³-hybridized carbons (Fsp3) is 0.316. The van der Waals surface area contributed by atoms with Crippen LogP contribution in [0.2, 0.25) is 0 Å². The van der Waals surface area contributed by atoms with E-state index in [1.54, 1.807) is 25.3 Å². The van der Waals surface area contributed by atoms with E-state index in [0.29, 0.717) is 23.1 Å². The van der Waals surface area contributed by atoms with Crippen LogP contribution in [0, 0.1) is 0 Å².